The van der Waals surface area contributed by atoms with E-state index in [0.29, 0.717) is 10.5 Å². The van der Waals surface area contributed by atoms with Crippen molar-refractivity contribution in [1.82, 2.24) is 4.90 Å². The molecule has 1 nitrogen and oxygen atoms in total. The molecule has 2 atom stereocenters. The van der Waals surface area contributed by atoms with Gasteiger partial charge in [0, 0.05) is 12.6 Å². The summed E-state index contributed by atoms with van der Waals surface area (Å²) in [6, 6.07) is 5.91. The summed E-state index contributed by atoms with van der Waals surface area (Å²) in [6.45, 7) is 3.15. The van der Waals surface area contributed by atoms with E-state index in [0.717, 1.165) is 18.0 Å². The summed E-state index contributed by atoms with van der Waals surface area (Å²) < 4.78 is 14.1. The minimum atomic E-state index is -0.169. The summed E-state index contributed by atoms with van der Waals surface area (Å²) in [7, 11) is 2.16. The molecule has 1 aromatic carbocycles. The predicted molar refractivity (Wildman–Crippen MR) is 77.0 cm³/mol. The SMILES string of the molecule is CC1CCCCC1N(C)Cc1cccc(F)c1Br. The molecule has 0 saturated heterocycles. The normalized spacial score (nSPS) is 24.5. The lowest BCUT2D eigenvalue weighted by molar-refractivity contribution is 0.133. The van der Waals surface area contributed by atoms with Gasteiger partial charge in [-0.15, -0.1) is 0 Å². The Morgan fingerprint density at radius 1 is 1.33 bits per heavy atom. The van der Waals surface area contributed by atoms with E-state index in [1.807, 2.05) is 6.07 Å². The van der Waals surface area contributed by atoms with E-state index in [-0.39, 0.29) is 5.82 Å². The molecule has 1 aromatic rings. The van der Waals surface area contributed by atoms with E-state index < -0.39 is 0 Å². The van der Waals surface area contributed by atoms with E-state index in [1.165, 1.54) is 31.7 Å². The summed E-state index contributed by atoms with van der Waals surface area (Å²) in [5, 5.41) is 0. The molecule has 2 rings (SSSR count). The molecule has 0 aromatic heterocycles. The second-order valence-corrected chi connectivity index (χ2v) is 6.25. The molecule has 0 radical (unpaired) electrons. The van der Waals surface area contributed by atoms with Crippen molar-refractivity contribution < 1.29 is 4.39 Å². The fourth-order valence-corrected chi connectivity index (χ4v) is 3.40. The van der Waals surface area contributed by atoms with Gasteiger partial charge in [0.2, 0.25) is 0 Å². The number of benzene rings is 1. The monoisotopic (exact) mass is 313 g/mol. The van der Waals surface area contributed by atoms with E-state index in [9.17, 15) is 4.39 Å². The topological polar surface area (TPSA) is 3.24 Å². The highest BCUT2D eigenvalue weighted by Gasteiger charge is 2.25. The van der Waals surface area contributed by atoms with E-state index in [1.54, 1.807) is 6.07 Å². The molecule has 1 aliphatic carbocycles. The number of hydrogen-bond acceptors (Lipinski definition) is 1. The summed E-state index contributed by atoms with van der Waals surface area (Å²) in [5.74, 6) is 0.577. The van der Waals surface area contributed by atoms with Crippen LogP contribution in [0, 0.1) is 11.7 Å². The standard InChI is InChI=1S/C15H21BrFN/c1-11-6-3-4-9-14(11)18(2)10-12-7-5-8-13(17)15(12)16/h5,7-8,11,14H,3-4,6,9-10H2,1-2H3. The minimum Gasteiger partial charge on any atom is -0.299 e. The van der Waals surface area contributed by atoms with Gasteiger partial charge in [-0.3, -0.25) is 4.90 Å². The molecular weight excluding hydrogens is 293 g/mol. The van der Waals surface area contributed by atoms with Gasteiger partial charge < -0.3 is 0 Å². The summed E-state index contributed by atoms with van der Waals surface area (Å²) in [4.78, 5) is 2.38. The second kappa shape index (κ2) is 6.16. The summed E-state index contributed by atoms with van der Waals surface area (Å²) in [6.07, 6.45) is 5.27. The van der Waals surface area contributed by atoms with E-state index in [4.69, 9.17) is 0 Å². The third-order valence-electron chi connectivity index (χ3n) is 4.08. The van der Waals surface area contributed by atoms with Crippen molar-refractivity contribution in [1.29, 1.82) is 0 Å². The van der Waals surface area contributed by atoms with Gasteiger partial charge in [0.1, 0.15) is 5.82 Å². The molecule has 1 fully saturated rings. The van der Waals surface area contributed by atoms with Gasteiger partial charge in [-0.1, -0.05) is 31.9 Å². The highest BCUT2D eigenvalue weighted by molar-refractivity contribution is 9.10. The van der Waals surface area contributed by atoms with Crippen molar-refractivity contribution in [3.63, 3.8) is 0 Å². The fourth-order valence-electron chi connectivity index (χ4n) is 3.01. The summed E-state index contributed by atoms with van der Waals surface area (Å²) >= 11 is 3.35. The lowest BCUT2D eigenvalue weighted by Crippen LogP contribution is -2.38. The van der Waals surface area contributed by atoms with Crippen molar-refractivity contribution in [2.45, 2.75) is 45.2 Å². The highest BCUT2D eigenvalue weighted by Crippen LogP contribution is 2.29. The average molecular weight is 314 g/mol. The number of nitrogens with zero attached hydrogens (tertiary/aromatic N) is 1. The van der Waals surface area contributed by atoms with Crippen molar-refractivity contribution in [2.24, 2.45) is 5.92 Å². The zero-order chi connectivity index (χ0) is 13.1. The maximum absolute atomic E-state index is 13.5. The van der Waals surface area contributed by atoms with Gasteiger partial charge in [-0.05, 0) is 53.4 Å². The zero-order valence-corrected chi connectivity index (χ0v) is 12.7. The van der Waals surface area contributed by atoms with Crippen LogP contribution in [0.4, 0.5) is 4.39 Å². The molecule has 0 bridgehead atoms. The lowest BCUT2D eigenvalue weighted by atomic mass is 9.85. The first-order valence-electron chi connectivity index (χ1n) is 6.72. The Morgan fingerprint density at radius 2 is 2.06 bits per heavy atom. The average Bonchev–Trinajstić information content (AvgIpc) is 2.35. The molecule has 2 unspecified atom stereocenters. The Bertz CT molecular complexity index is 407. The van der Waals surface area contributed by atoms with Crippen molar-refractivity contribution >= 4 is 15.9 Å². The predicted octanol–water partition coefficient (Wildman–Crippen LogP) is 4.60. The van der Waals surface area contributed by atoms with Crippen molar-refractivity contribution in [2.75, 3.05) is 7.05 Å². The third-order valence-corrected chi connectivity index (χ3v) is 4.97. The van der Waals surface area contributed by atoms with Crippen LogP contribution in [-0.2, 0) is 6.54 Å². The molecule has 3 heteroatoms. The van der Waals surface area contributed by atoms with Crippen LogP contribution in [0.2, 0.25) is 0 Å². The highest BCUT2D eigenvalue weighted by atomic mass is 79.9. The van der Waals surface area contributed by atoms with Gasteiger partial charge in [0.15, 0.2) is 0 Å². The molecule has 18 heavy (non-hydrogen) atoms. The van der Waals surface area contributed by atoms with Gasteiger partial charge >= 0.3 is 0 Å². The van der Waals surface area contributed by atoms with Crippen LogP contribution in [-0.4, -0.2) is 18.0 Å². The van der Waals surface area contributed by atoms with Crippen LogP contribution < -0.4 is 0 Å². The molecule has 0 heterocycles. The largest absolute Gasteiger partial charge is 0.299 e. The molecule has 1 aliphatic rings. The maximum atomic E-state index is 13.5. The van der Waals surface area contributed by atoms with Crippen molar-refractivity contribution in [3.05, 3.63) is 34.1 Å². The second-order valence-electron chi connectivity index (χ2n) is 5.46. The van der Waals surface area contributed by atoms with Crippen LogP contribution in [0.25, 0.3) is 0 Å². The molecule has 100 valence electrons. The summed E-state index contributed by atoms with van der Waals surface area (Å²) in [5.41, 5.74) is 1.04. The first-order valence-corrected chi connectivity index (χ1v) is 7.52. The van der Waals surface area contributed by atoms with Crippen LogP contribution in [0.3, 0.4) is 0 Å². The first kappa shape index (κ1) is 14.0. The Labute approximate surface area is 118 Å². The van der Waals surface area contributed by atoms with Gasteiger partial charge in [-0.25, -0.2) is 4.39 Å². The van der Waals surface area contributed by atoms with E-state index in [2.05, 4.69) is 34.8 Å². The Morgan fingerprint density at radius 3 is 2.78 bits per heavy atom. The molecule has 1 saturated carbocycles. The first-order chi connectivity index (χ1) is 8.59. The van der Waals surface area contributed by atoms with Gasteiger partial charge in [0.05, 0.1) is 4.47 Å². The van der Waals surface area contributed by atoms with Crippen molar-refractivity contribution in [3.8, 4) is 0 Å². The quantitative estimate of drug-likeness (QED) is 0.788. The van der Waals surface area contributed by atoms with Crippen LogP contribution in [0.15, 0.2) is 22.7 Å². The van der Waals surface area contributed by atoms with Crippen LogP contribution in [0.5, 0.6) is 0 Å². The number of hydrogen-bond donors (Lipinski definition) is 0. The molecular formula is C15H21BrFN. The fraction of sp³-hybridized carbons (Fsp3) is 0.600. The maximum Gasteiger partial charge on any atom is 0.137 e. The van der Waals surface area contributed by atoms with Crippen LogP contribution in [0.1, 0.15) is 38.2 Å². The number of rotatable bonds is 3. The van der Waals surface area contributed by atoms with Gasteiger partial charge in [-0.2, -0.15) is 0 Å². The smallest absolute Gasteiger partial charge is 0.137 e. The number of halogens is 2. The van der Waals surface area contributed by atoms with Crippen LogP contribution >= 0.6 is 15.9 Å². The molecule has 0 spiro atoms. The Balaban J connectivity index is 2.06. The zero-order valence-electron chi connectivity index (χ0n) is 11.1. The Hall–Kier alpha value is -0.410. The lowest BCUT2D eigenvalue weighted by Gasteiger charge is -2.36. The third kappa shape index (κ3) is 3.12. The van der Waals surface area contributed by atoms with Gasteiger partial charge in [0.25, 0.3) is 0 Å². The molecule has 0 N–H and O–H groups in total. The molecule has 0 aliphatic heterocycles. The van der Waals surface area contributed by atoms with E-state index >= 15 is 0 Å². The molecule has 0 amide bonds. The Kier molecular flexibility index (Phi) is 4.79. The minimum absolute atomic E-state index is 0.169.